The zero-order chi connectivity index (χ0) is 25.1. The topological polar surface area (TPSA) is 78.3 Å². The van der Waals surface area contributed by atoms with Gasteiger partial charge in [-0.1, -0.05) is 50.2 Å². The second-order valence-electron chi connectivity index (χ2n) is 9.61. The Bertz CT molecular complexity index is 1340. The minimum atomic E-state index is -0.110. The summed E-state index contributed by atoms with van der Waals surface area (Å²) in [6.45, 7) is 6.69. The fraction of sp³-hybridized carbons (Fsp3) is 0.276. The Morgan fingerprint density at radius 3 is 2.39 bits per heavy atom. The number of carbonyl (C=O) groups excluding carboxylic acids is 1. The molecule has 0 saturated heterocycles. The molecule has 0 aliphatic carbocycles. The summed E-state index contributed by atoms with van der Waals surface area (Å²) in [5.74, 6) is 0.653. The van der Waals surface area contributed by atoms with Crippen LogP contribution in [-0.4, -0.2) is 40.9 Å². The van der Waals surface area contributed by atoms with Gasteiger partial charge in [-0.05, 0) is 41.0 Å². The highest BCUT2D eigenvalue weighted by Gasteiger charge is 2.28. The van der Waals surface area contributed by atoms with E-state index in [4.69, 9.17) is 14.6 Å². The van der Waals surface area contributed by atoms with Gasteiger partial charge in [-0.25, -0.2) is 0 Å². The summed E-state index contributed by atoms with van der Waals surface area (Å²) in [6, 6.07) is 20.1. The molecule has 1 aliphatic heterocycles. The molecular weight excluding hydrogens is 452 g/mol. The summed E-state index contributed by atoms with van der Waals surface area (Å²) in [5, 5.41) is 7.71. The third-order valence-electron chi connectivity index (χ3n) is 6.52. The van der Waals surface area contributed by atoms with E-state index in [1.807, 2.05) is 36.4 Å². The Morgan fingerprint density at radius 2 is 1.69 bits per heavy atom. The zero-order valence-electron chi connectivity index (χ0n) is 20.8. The van der Waals surface area contributed by atoms with Crippen LogP contribution in [0.4, 0.5) is 0 Å². The van der Waals surface area contributed by atoms with E-state index in [0.717, 1.165) is 33.7 Å². The number of ether oxygens (including phenoxy) is 2. The van der Waals surface area contributed by atoms with E-state index >= 15 is 0 Å². The van der Waals surface area contributed by atoms with Crippen molar-refractivity contribution in [2.24, 2.45) is 0 Å². The average Bonchev–Trinajstić information content (AvgIpc) is 3.30. The van der Waals surface area contributed by atoms with Gasteiger partial charge in [0.1, 0.15) is 23.7 Å². The van der Waals surface area contributed by atoms with E-state index in [1.54, 1.807) is 24.2 Å². The minimum absolute atomic E-state index is 0.0386. The third kappa shape index (κ3) is 4.75. The van der Waals surface area contributed by atoms with Crippen LogP contribution >= 0.6 is 0 Å². The minimum Gasteiger partial charge on any atom is -0.489 e. The van der Waals surface area contributed by atoms with Gasteiger partial charge in [-0.3, -0.25) is 14.5 Å². The Labute approximate surface area is 211 Å². The van der Waals surface area contributed by atoms with E-state index in [2.05, 4.69) is 48.4 Å². The Hall–Kier alpha value is -3.97. The number of aromatic nitrogens is 3. The van der Waals surface area contributed by atoms with Crippen molar-refractivity contribution in [3.63, 3.8) is 0 Å². The fourth-order valence-corrected chi connectivity index (χ4v) is 4.58. The maximum atomic E-state index is 12.8. The van der Waals surface area contributed by atoms with Crippen LogP contribution in [0.25, 0.3) is 22.4 Å². The van der Waals surface area contributed by atoms with Crippen molar-refractivity contribution in [1.29, 1.82) is 0 Å². The molecule has 7 nitrogen and oxygen atoms in total. The highest BCUT2D eigenvalue weighted by Crippen LogP contribution is 2.36. The Balaban J connectivity index is 1.36. The standard InChI is InChI=1S/C29H30N4O3/c1-29(2,19-35-3)23-8-4-20(5-9-23)18-36-24-10-6-21(7-11-24)25-26(22-12-14-30-15-13-22)32-33-17-16-31-28(34)27(25)33/h4-15H,16-19H2,1-3H3,(H,31,34). The van der Waals surface area contributed by atoms with Crippen LogP contribution in [0.5, 0.6) is 5.75 Å². The number of carbonyl (C=O) groups is 1. The summed E-state index contributed by atoms with van der Waals surface area (Å²) in [6.07, 6.45) is 3.47. The number of benzene rings is 2. The molecule has 0 spiro atoms. The quantitative estimate of drug-likeness (QED) is 0.388. The molecule has 5 rings (SSSR count). The average molecular weight is 483 g/mol. The number of fused-ring (bicyclic) bond motifs is 1. The molecule has 184 valence electrons. The highest BCUT2D eigenvalue weighted by atomic mass is 16.5. The summed E-state index contributed by atoms with van der Waals surface area (Å²) in [5.41, 5.74) is 6.30. The van der Waals surface area contributed by atoms with E-state index in [-0.39, 0.29) is 11.3 Å². The number of hydrogen-bond donors (Lipinski definition) is 1. The molecule has 36 heavy (non-hydrogen) atoms. The second-order valence-corrected chi connectivity index (χ2v) is 9.61. The van der Waals surface area contributed by atoms with Crippen LogP contribution in [0.15, 0.2) is 73.1 Å². The maximum Gasteiger partial charge on any atom is 0.270 e. The van der Waals surface area contributed by atoms with Gasteiger partial charge < -0.3 is 14.8 Å². The molecule has 0 fully saturated rings. The van der Waals surface area contributed by atoms with Gasteiger partial charge in [-0.2, -0.15) is 5.10 Å². The highest BCUT2D eigenvalue weighted by molar-refractivity contribution is 6.03. The zero-order valence-corrected chi connectivity index (χ0v) is 20.8. The lowest BCUT2D eigenvalue weighted by molar-refractivity contribution is 0.0925. The van der Waals surface area contributed by atoms with Crippen LogP contribution in [0.3, 0.4) is 0 Å². The maximum absolute atomic E-state index is 12.8. The molecule has 1 amide bonds. The van der Waals surface area contributed by atoms with Crippen LogP contribution in [0.1, 0.15) is 35.5 Å². The molecule has 1 N–H and O–H groups in total. The molecule has 0 unspecified atom stereocenters. The van der Waals surface area contributed by atoms with Crippen molar-refractivity contribution < 1.29 is 14.3 Å². The molecule has 7 heteroatoms. The number of hydrogen-bond acceptors (Lipinski definition) is 5. The van der Waals surface area contributed by atoms with E-state index in [1.165, 1.54) is 5.56 Å². The van der Waals surface area contributed by atoms with Gasteiger partial charge in [0.15, 0.2) is 0 Å². The van der Waals surface area contributed by atoms with Gasteiger partial charge in [0, 0.05) is 42.6 Å². The molecule has 4 aromatic rings. The number of rotatable bonds is 8. The number of amides is 1. The predicted molar refractivity (Wildman–Crippen MR) is 139 cm³/mol. The number of nitrogens with one attached hydrogen (secondary N) is 1. The fourth-order valence-electron chi connectivity index (χ4n) is 4.58. The van der Waals surface area contributed by atoms with Crippen LogP contribution in [0.2, 0.25) is 0 Å². The first-order valence-electron chi connectivity index (χ1n) is 12.1. The van der Waals surface area contributed by atoms with Crippen LogP contribution in [-0.2, 0) is 23.3 Å². The summed E-state index contributed by atoms with van der Waals surface area (Å²) in [7, 11) is 1.73. The molecule has 0 radical (unpaired) electrons. The van der Waals surface area contributed by atoms with Gasteiger partial charge >= 0.3 is 0 Å². The van der Waals surface area contributed by atoms with Gasteiger partial charge in [0.05, 0.1) is 13.2 Å². The lowest BCUT2D eigenvalue weighted by Gasteiger charge is -2.24. The predicted octanol–water partition coefficient (Wildman–Crippen LogP) is 4.86. The molecule has 1 aliphatic rings. The van der Waals surface area contributed by atoms with Crippen molar-refractivity contribution in [1.82, 2.24) is 20.1 Å². The summed E-state index contributed by atoms with van der Waals surface area (Å²) < 4.78 is 13.2. The largest absolute Gasteiger partial charge is 0.489 e. The monoisotopic (exact) mass is 482 g/mol. The first-order valence-corrected chi connectivity index (χ1v) is 12.1. The van der Waals surface area contributed by atoms with Crippen molar-refractivity contribution in [3.05, 3.63) is 89.9 Å². The summed E-state index contributed by atoms with van der Waals surface area (Å²) in [4.78, 5) is 16.9. The van der Waals surface area contributed by atoms with Crippen molar-refractivity contribution in [3.8, 4) is 28.1 Å². The molecule has 3 heterocycles. The number of pyridine rings is 1. The molecule has 0 atom stereocenters. The smallest absolute Gasteiger partial charge is 0.270 e. The first-order chi connectivity index (χ1) is 17.5. The van der Waals surface area contributed by atoms with Crippen molar-refractivity contribution in [2.45, 2.75) is 32.4 Å². The lowest BCUT2D eigenvalue weighted by Crippen LogP contribution is -2.35. The Kier molecular flexibility index (Phi) is 6.57. The third-order valence-corrected chi connectivity index (χ3v) is 6.52. The van der Waals surface area contributed by atoms with Gasteiger partial charge in [-0.15, -0.1) is 0 Å². The first kappa shape index (κ1) is 23.8. The van der Waals surface area contributed by atoms with E-state index in [0.29, 0.717) is 32.0 Å². The Morgan fingerprint density at radius 1 is 0.972 bits per heavy atom. The van der Waals surface area contributed by atoms with Gasteiger partial charge in [0.25, 0.3) is 5.91 Å². The van der Waals surface area contributed by atoms with Gasteiger partial charge in [0.2, 0.25) is 0 Å². The number of methoxy groups -OCH3 is 1. The SMILES string of the molecule is COCC(C)(C)c1ccc(COc2ccc(-c3c(-c4ccncc4)nn4c3C(=O)NCC4)cc2)cc1. The van der Waals surface area contributed by atoms with E-state index < -0.39 is 0 Å². The molecule has 0 bridgehead atoms. The molecular formula is C29H30N4O3. The normalized spacial score (nSPS) is 13.2. The molecule has 2 aromatic heterocycles. The second kappa shape index (κ2) is 9.95. The van der Waals surface area contributed by atoms with Crippen LogP contribution < -0.4 is 10.1 Å². The molecule has 2 aromatic carbocycles. The summed E-state index contributed by atoms with van der Waals surface area (Å²) >= 11 is 0. The van der Waals surface area contributed by atoms with Crippen molar-refractivity contribution >= 4 is 5.91 Å². The van der Waals surface area contributed by atoms with Crippen LogP contribution in [0, 0.1) is 0 Å². The van der Waals surface area contributed by atoms with E-state index in [9.17, 15) is 4.79 Å². The lowest BCUT2D eigenvalue weighted by atomic mass is 9.85. The molecule has 0 saturated carbocycles. The number of nitrogens with zero attached hydrogens (tertiary/aromatic N) is 3. The van der Waals surface area contributed by atoms with Crippen molar-refractivity contribution in [2.75, 3.05) is 20.3 Å².